The first kappa shape index (κ1) is 17.8. The van der Waals surface area contributed by atoms with E-state index in [1.807, 2.05) is 18.4 Å². The average Bonchev–Trinajstić information content (AvgIpc) is 3.20. The van der Waals surface area contributed by atoms with Crippen LogP contribution in [0.5, 0.6) is 0 Å². The predicted octanol–water partition coefficient (Wildman–Crippen LogP) is 4.18. The van der Waals surface area contributed by atoms with Crippen LogP contribution >= 0.6 is 11.8 Å². The number of amides is 2. The summed E-state index contributed by atoms with van der Waals surface area (Å²) in [6.45, 7) is 0.282. The Hall–Kier alpha value is -2.99. The smallest absolute Gasteiger partial charge is 0.255 e. The molecule has 5 nitrogen and oxygen atoms in total. The highest BCUT2D eigenvalue weighted by Gasteiger charge is 2.14. The van der Waals surface area contributed by atoms with Crippen LogP contribution < -0.4 is 10.6 Å². The third-order valence-corrected chi connectivity index (χ3v) is 4.52. The number of rotatable bonds is 6. The highest BCUT2D eigenvalue weighted by molar-refractivity contribution is 7.98. The van der Waals surface area contributed by atoms with E-state index in [0.717, 1.165) is 4.90 Å². The van der Waals surface area contributed by atoms with Crippen LogP contribution in [0.15, 0.2) is 76.2 Å². The Labute approximate surface area is 155 Å². The average molecular weight is 366 g/mol. The molecule has 0 aliphatic rings. The van der Waals surface area contributed by atoms with Gasteiger partial charge in [-0.3, -0.25) is 9.59 Å². The first-order chi connectivity index (χ1) is 12.7. The maximum Gasteiger partial charge on any atom is 0.255 e. The van der Waals surface area contributed by atoms with Crippen LogP contribution in [0.1, 0.15) is 26.5 Å². The molecule has 26 heavy (non-hydrogen) atoms. The standard InChI is InChI=1S/C20H18N2O3S/c1-26-16-10-8-14(9-11-16)19(23)22-18-7-3-2-6-17(18)20(24)21-13-15-5-4-12-25-15/h2-12H,13H2,1H3,(H,21,24)(H,22,23). The van der Waals surface area contributed by atoms with Gasteiger partial charge in [0.1, 0.15) is 5.76 Å². The number of anilines is 1. The minimum atomic E-state index is -0.282. The van der Waals surface area contributed by atoms with E-state index in [4.69, 9.17) is 4.42 Å². The van der Waals surface area contributed by atoms with Crippen LogP contribution in [-0.2, 0) is 6.54 Å². The van der Waals surface area contributed by atoms with E-state index < -0.39 is 0 Å². The molecule has 0 spiro atoms. The number of hydrogen-bond donors (Lipinski definition) is 2. The lowest BCUT2D eigenvalue weighted by atomic mass is 10.1. The molecular formula is C20H18N2O3S. The Morgan fingerprint density at radius 3 is 2.42 bits per heavy atom. The van der Waals surface area contributed by atoms with Crippen LogP contribution in [0.4, 0.5) is 5.69 Å². The van der Waals surface area contributed by atoms with Crippen LogP contribution in [-0.4, -0.2) is 18.1 Å². The lowest BCUT2D eigenvalue weighted by Gasteiger charge is -2.11. The van der Waals surface area contributed by atoms with E-state index in [1.165, 1.54) is 0 Å². The Morgan fingerprint density at radius 1 is 0.962 bits per heavy atom. The molecule has 0 bridgehead atoms. The van der Waals surface area contributed by atoms with Crippen molar-refractivity contribution in [2.45, 2.75) is 11.4 Å². The normalized spacial score (nSPS) is 10.3. The summed E-state index contributed by atoms with van der Waals surface area (Å²) in [5.41, 5.74) is 1.39. The van der Waals surface area contributed by atoms with E-state index in [0.29, 0.717) is 22.6 Å². The molecule has 0 aliphatic heterocycles. The van der Waals surface area contributed by atoms with Gasteiger partial charge in [-0.2, -0.15) is 0 Å². The predicted molar refractivity (Wildman–Crippen MR) is 102 cm³/mol. The Bertz CT molecular complexity index is 890. The zero-order valence-electron chi connectivity index (χ0n) is 14.2. The minimum absolute atomic E-state index is 0.260. The molecule has 0 saturated carbocycles. The maximum atomic E-state index is 12.5. The van der Waals surface area contributed by atoms with Gasteiger partial charge in [0.2, 0.25) is 0 Å². The van der Waals surface area contributed by atoms with E-state index in [9.17, 15) is 9.59 Å². The van der Waals surface area contributed by atoms with Crippen LogP contribution in [0.25, 0.3) is 0 Å². The monoisotopic (exact) mass is 366 g/mol. The first-order valence-electron chi connectivity index (χ1n) is 8.02. The van der Waals surface area contributed by atoms with Gasteiger partial charge in [-0.15, -0.1) is 11.8 Å². The molecule has 0 saturated heterocycles. The molecular weight excluding hydrogens is 348 g/mol. The molecule has 2 aromatic carbocycles. The summed E-state index contributed by atoms with van der Waals surface area (Å²) in [6.07, 6.45) is 3.53. The fraction of sp³-hybridized carbons (Fsp3) is 0.100. The maximum absolute atomic E-state index is 12.5. The van der Waals surface area contributed by atoms with Crippen molar-refractivity contribution in [1.82, 2.24) is 5.32 Å². The van der Waals surface area contributed by atoms with Crippen LogP contribution in [0.2, 0.25) is 0 Å². The molecule has 1 aromatic heterocycles. The van der Waals surface area contributed by atoms with Crippen molar-refractivity contribution in [3.63, 3.8) is 0 Å². The van der Waals surface area contributed by atoms with Crippen molar-refractivity contribution in [2.75, 3.05) is 11.6 Å². The van der Waals surface area contributed by atoms with E-state index in [-0.39, 0.29) is 18.4 Å². The quantitative estimate of drug-likeness (QED) is 0.642. The van der Waals surface area contributed by atoms with Gasteiger partial charge in [0, 0.05) is 10.5 Å². The molecule has 0 radical (unpaired) electrons. The van der Waals surface area contributed by atoms with E-state index in [1.54, 1.807) is 66.6 Å². The SMILES string of the molecule is CSc1ccc(C(=O)Nc2ccccc2C(=O)NCc2ccco2)cc1. The number of carbonyl (C=O) groups is 2. The molecule has 2 N–H and O–H groups in total. The molecule has 0 aliphatic carbocycles. The van der Waals surface area contributed by atoms with Gasteiger partial charge < -0.3 is 15.1 Å². The second-order valence-corrected chi connectivity index (χ2v) is 6.37. The zero-order valence-corrected chi connectivity index (χ0v) is 15.0. The summed E-state index contributed by atoms with van der Waals surface area (Å²) in [7, 11) is 0. The highest BCUT2D eigenvalue weighted by atomic mass is 32.2. The summed E-state index contributed by atoms with van der Waals surface area (Å²) in [5, 5.41) is 5.59. The van der Waals surface area contributed by atoms with Crippen molar-refractivity contribution in [2.24, 2.45) is 0 Å². The number of carbonyl (C=O) groups excluding carboxylic acids is 2. The number of benzene rings is 2. The second kappa shape index (κ2) is 8.40. The highest BCUT2D eigenvalue weighted by Crippen LogP contribution is 2.18. The van der Waals surface area contributed by atoms with Gasteiger partial charge in [-0.25, -0.2) is 0 Å². The molecule has 2 amide bonds. The first-order valence-corrected chi connectivity index (χ1v) is 9.25. The fourth-order valence-corrected chi connectivity index (χ4v) is 2.81. The zero-order chi connectivity index (χ0) is 18.4. The number of nitrogens with one attached hydrogen (secondary N) is 2. The molecule has 132 valence electrons. The van der Waals surface area contributed by atoms with Gasteiger partial charge >= 0.3 is 0 Å². The molecule has 3 aromatic rings. The van der Waals surface area contributed by atoms with Crippen molar-refractivity contribution in [3.8, 4) is 0 Å². The van der Waals surface area contributed by atoms with Crippen LogP contribution in [0, 0.1) is 0 Å². The molecule has 1 heterocycles. The minimum Gasteiger partial charge on any atom is -0.467 e. The third kappa shape index (κ3) is 4.34. The largest absolute Gasteiger partial charge is 0.467 e. The summed E-state index contributed by atoms with van der Waals surface area (Å²) >= 11 is 1.61. The van der Waals surface area contributed by atoms with Gasteiger partial charge in [-0.05, 0) is 54.8 Å². The Balaban J connectivity index is 1.71. The lowest BCUT2D eigenvalue weighted by Crippen LogP contribution is -2.24. The topological polar surface area (TPSA) is 71.3 Å². The van der Waals surface area contributed by atoms with Gasteiger partial charge in [-0.1, -0.05) is 12.1 Å². The van der Waals surface area contributed by atoms with Gasteiger partial charge in [0.05, 0.1) is 24.1 Å². The number of para-hydroxylation sites is 1. The van der Waals surface area contributed by atoms with Crippen molar-refractivity contribution in [3.05, 3.63) is 83.8 Å². The van der Waals surface area contributed by atoms with Crippen LogP contribution in [0.3, 0.4) is 0 Å². The Morgan fingerprint density at radius 2 is 1.73 bits per heavy atom. The van der Waals surface area contributed by atoms with Crippen molar-refractivity contribution < 1.29 is 14.0 Å². The van der Waals surface area contributed by atoms with Crippen molar-refractivity contribution in [1.29, 1.82) is 0 Å². The summed E-state index contributed by atoms with van der Waals surface area (Å²) in [4.78, 5) is 26.0. The van der Waals surface area contributed by atoms with E-state index in [2.05, 4.69) is 10.6 Å². The molecule has 0 atom stereocenters. The van der Waals surface area contributed by atoms with Gasteiger partial charge in [0.15, 0.2) is 0 Å². The fourth-order valence-electron chi connectivity index (χ4n) is 2.40. The summed E-state index contributed by atoms with van der Waals surface area (Å²) in [5.74, 6) is 0.118. The summed E-state index contributed by atoms with van der Waals surface area (Å²) < 4.78 is 5.21. The number of furan rings is 1. The molecule has 6 heteroatoms. The van der Waals surface area contributed by atoms with E-state index >= 15 is 0 Å². The van der Waals surface area contributed by atoms with Gasteiger partial charge in [0.25, 0.3) is 11.8 Å². The molecule has 0 fully saturated rings. The second-order valence-electron chi connectivity index (χ2n) is 5.49. The number of thioether (sulfide) groups is 1. The summed E-state index contributed by atoms with van der Waals surface area (Å²) in [6, 6.07) is 17.8. The molecule has 0 unspecified atom stereocenters. The Kier molecular flexibility index (Phi) is 5.76. The third-order valence-electron chi connectivity index (χ3n) is 3.78. The molecule has 3 rings (SSSR count). The number of hydrogen-bond acceptors (Lipinski definition) is 4. The van der Waals surface area contributed by atoms with Crippen molar-refractivity contribution >= 4 is 29.3 Å². The lowest BCUT2D eigenvalue weighted by molar-refractivity contribution is 0.0949.